The Balaban J connectivity index is 1.92. The van der Waals surface area contributed by atoms with E-state index in [9.17, 15) is 9.90 Å². The number of aliphatic carboxylic acids is 1. The lowest BCUT2D eigenvalue weighted by Crippen LogP contribution is -2.37. The maximum Gasteiger partial charge on any atom is 0.306 e. The molecule has 2 atom stereocenters. The average Bonchev–Trinajstić information content (AvgIpc) is 2.54. The molecule has 2 heteroatoms. The largest absolute Gasteiger partial charge is 0.481 e. The molecular weight excluding hydrogens is 260 g/mol. The molecule has 5 rings (SSSR count). The zero-order valence-electron chi connectivity index (χ0n) is 12.0. The van der Waals surface area contributed by atoms with Crippen LogP contribution in [0.2, 0.25) is 0 Å². The van der Waals surface area contributed by atoms with Gasteiger partial charge in [-0.2, -0.15) is 0 Å². The van der Waals surface area contributed by atoms with Crippen molar-refractivity contribution in [3.63, 3.8) is 0 Å². The Morgan fingerprint density at radius 2 is 1.48 bits per heavy atom. The Labute approximate surface area is 124 Å². The fraction of sp³-hybridized carbons (Fsp3) is 0.316. The van der Waals surface area contributed by atoms with Gasteiger partial charge in [0.25, 0.3) is 0 Å². The maximum absolute atomic E-state index is 11.5. The van der Waals surface area contributed by atoms with Gasteiger partial charge in [0.05, 0.1) is 5.92 Å². The van der Waals surface area contributed by atoms with E-state index in [0.717, 1.165) is 6.42 Å². The molecule has 0 aromatic heterocycles. The number of carbonyl (C=O) groups is 1. The van der Waals surface area contributed by atoms with Crippen molar-refractivity contribution in [2.75, 3.05) is 0 Å². The molecule has 106 valence electrons. The monoisotopic (exact) mass is 278 g/mol. The van der Waals surface area contributed by atoms with Gasteiger partial charge in [-0.3, -0.25) is 4.79 Å². The summed E-state index contributed by atoms with van der Waals surface area (Å²) in [5.41, 5.74) is 5.47. The highest BCUT2D eigenvalue weighted by Gasteiger charge is 2.46. The van der Waals surface area contributed by atoms with Crippen LogP contribution in [0, 0.1) is 11.8 Å². The SMILES string of the molecule is CC(C(=O)O)C1CC2c3ccccc3C1c1ccccc12. The quantitative estimate of drug-likeness (QED) is 0.901. The zero-order chi connectivity index (χ0) is 14.6. The molecular formula is C19H18O2. The average molecular weight is 278 g/mol. The van der Waals surface area contributed by atoms with Crippen LogP contribution in [-0.4, -0.2) is 11.1 Å². The molecule has 2 aromatic rings. The van der Waals surface area contributed by atoms with E-state index in [0.29, 0.717) is 5.92 Å². The molecule has 21 heavy (non-hydrogen) atoms. The number of carboxylic acids is 1. The van der Waals surface area contributed by atoms with Gasteiger partial charge < -0.3 is 5.11 Å². The Kier molecular flexibility index (Phi) is 2.68. The normalized spacial score (nSPS) is 26.8. The number of hydrogen-bond acceptors (Lipinski definition) is 1. The lowest BCUT2D eigenvalue weighted by Gasteiger charge is -2.46. The van der Waals surface area contributed by atoms with Crippen LogP contribution in [0.1, 0.15) is 47.4 Å². The second-order valence-corrected chi connectivity index (χ2v) is 6.31. The van der Waals surface area contributed by atoms with E-state index < -0.39 is 5.97 Å². The van der Waals surface area contributed by atoms with Crippen molar-refractivity contribution < 1.29 is 9.90 Å². The lowest BCUT2D eigenvalue weighted by atomic mass is 9.56. The van der Waals surface area contributed by atoms with Crippen molar-refractivity contribution in [3.8, 4) is 0 Å². The topological polar surface area (TPSA) is 37.3 Å². The third-order valence-corrected chi connectivity index (χ3v) is 5.38. The summed E-state index contributed by atoms with van der Waals surface area (Å²) in [4.78, 5) is 11.5. The van der Waals surface area contributed by atoms with Crippen LogP contribution in [0.15, 0.2) is 48.5 Å². The molecule has 0 amide bonds. The van der Waals surface area contributed by atoms with Crippen LogP contribution in [-0.2, 0) is 4.79 Å². The van der Waals surface area contributed by atoms with E-state index in [1.807, 2.05) is 6.92 Å². The van der Waals surface area contributed by atoms with Crippen LogP contribution in [0.5, 0.6) is 0 Å². The van der Waals surface area contributed by atoms with Gasteiger partial charge in [-0.05, 0) is 34.6 Å². The second-order valence-electron chi connectivity index (χ2n) is 6.31. The third-order valence-electron chi connectivity index (χ3n) is 5.38. The van der Waals surface area contributed by atoms with Crippen molar-refractivity contribution in [3.05, 3.63) is 70.8 Å². The van der Waals surface area contributed by atoms with Gasteiger partial charge in [0.1, 0.15) is 0 Å². The highest BCUT2D eigenvalue weighted by molar-refractivity contribution is 5.71. The van der Waals surface area contributed by atoms with Crippen LogP contribution in [0.4, 0.5) is 0 Å². The van der Waals surface area contributed by atoms with Gasteiger partial charge in [-0.15, -0.1) is 0 Å². The van der Waals surface area contributed by atoms with Crippen molar-refractivity contribution in [2.45, 2.75) is 25.2 Å². The molecule has 0 heterocycles. The molecule has 0 fully saturated rings. The molecule has 0 radical (unpaired) electrons. The molecule has 2 bridgehead atoms. The fourth-order valence-corrected chi connectivity index (χ4v) is 4.36. The van der Waals surface area contributed by atoms with Crippen LogP contribution >= 0.6 is 0 Å². The molecule has 0 spiro atoms. The highest BCUT2D eigenvalue weighted by Crippen LogP contribution is 2.57. The lowest BCUT2D eigenvalue weighted by molar-refractivity contribution is -0.143. The molecule has 2 unspecified atom stereocenters. The number of benzene rings is 2. The van der Waals surface area contributed by atoms with E-state index in [-0.39, 0.29) is 17.8 Å². The van der Waals surface area contributed by atoms with Gasteiger partial charge in [0.2, 0.25) is 0 Å². The Morgan fingerprint density at radius 3 is 1.95 bits per heavy atom. The summed E-state index contributed by atoms with van der Waals surface area (Å²) in [5.74, 6) is -0.207. The number of fused-ring (bicyclic) bond motifs is 1. The van der Waals surface area contributed by atoms with Crippen molar-refractivity contribution in [1.82, 2.24) is 0 Å². The number of hydrogen-bond donors (Lipinski definition) is 1. The first-order valence-corrected chi connectivity index (χ1v) is 7.59. The molecule has 1 N–H and O–H groups in total. The third kappa shape index (κ3) is 1.68. The fourth-order valence-electron chi connectivity index (χ4n) is 4.36. The van der Waals surface area contributed by atoms with Crippen LogP contribution in [0.3, 0.4) is 0 Å². The van der Waals surface area contributed by atoms with E-state index in [1.165, 1.54) is 22.3 Å². The Morgan fingerprint density at radius 1 is 1.00 bits per heavy atom. The summed E-state index contributed by atoms with van der Waals surface area (Å²) >= 11 is 0. The van der Waals surface area contributed by atoms with Crippen molar-refractivity contribution >= 4 is 5.97 Å². The summed E-state index contributed by atoms with van der Waals surface area (Å²) in [6.45, 7) is 1.86. The predicted molar refractivity (Wildman–Crippen MR) is 81.5 cm³/mol. The summed E-state index contributed by atoms with van der Waals surface area (Å²) in [6.07, 6.45) is 0.951. The van der Waals surface area contributed by atoms with Gasteiger partial charge >= 0.3 is 5.97 Å². The Bertz CT molecular complexity index is 672. The van der Waals surface area contributed by atoms with Crippen molar-refractivity contribution in [1.29, 1.82) is 0 Å². The first-order chi connectivity index (χ1) is 10.2. The van der Waals surface area contributed by atoms with E-state index >= 15 is 0 Å². The molecule has 2 nitrogen and oxygen atoms in total. The van der Waals surface area contributed by atoms with Crippen LogP contribution < -0.4 is 0 Å². The molecule has 2 aromatic carbocycles. The minimum absolute atomic E-state index is 0.192. The van der Waals surface area contributed by atoms with Gasteiger partial charge in [-0.1, -0.05) is 55.5 Å². The first kappa shape index (κ1) is 12.6. The predicted octanol–water partition coefficient (Wildman–Crippen LogP) is 4.00. The molecule has 3 aliphatic carbocycles. The second kappa shape index (κ2) is 4.45. The summed E-state index contributed by atoms with van der Waals surface area (Å²) < 4.78 is 0. The Hall–Kier alpha value is -2.09. The van der Waals surface area contributed by atoms with Gasteiger partial charge in [-0.25, -0.2) is 0 Å². The molecule has 0 saturated carbocycles. The van der Waals surface area contributed by atoms with E-state index in [4.69, 9.17) is 0 Å². The van der Waals surface area contributed by atoms with Crippen LogP contribution in [0.25, 0.3) is 0 Å². The first-order valence-electron chi connectivity index (χ1n) is 7.59. The minimum Gasteiger partial charge on any atom is -0.481 e. The summed E-state index contributed by atoms with van der Waals surface area (Å²) in [6, 6.07) is 17.1. The number of carboxylic acid groups (broad SMARTS) is 1. The maximum atomic E-state index is 11.5. The van der Waals surface area contributed by atoms with E-state index in [2.05, 4.69) is 48.5 Å². The minimum atomic E-state index is -0.678. The zero-order valence-corrected chi connectivity index (χ0v) is 12.0. The van der Waals surface area contributed by atoms with Crippen molar-refractivity contribution in [2.24, 2.45) is 11.8 Å². The summed E-state index contributed by atoms with van der Waals surface area (Å²) in [5, 5.41) is 9.46. The highest BCUT2D eigenvalue weighted by atomic mass is 16.4. The smallest absolute Gasteiger partial charge is 0.306 e. The summed E-state index contributed by atoms with van der Waals surface area (Å²) in [7, 11) is 0. The molecule has 0 aliphatic heterocycles. The van der Waals surface area contributed by atoms with Gasteiger partial charge in [0, 0.05) is 11.8 Å². The molecule has 0 saturated heterocycles. The standard InChI is InChI=1S/C19H18O2/c1-11(19(20)21)16-10-17-12-6-2-4-8-14(12)18(16)15-9-5-3-7-13(15)17/h2-9,11,16-18H,10H2,1H3,(H,20,21). The van der Waals surface area contributed by atoms with E-state index in [1.54, 1.807) is 0 Å². The van der Waals surface area contributed by atoms with Gasteiger partial charge in [0.15, 0.2) is 0 Å². The number of rotatable bonds is 2. The molecule has 3 aliphatic rings.